The fourth-order valence-corrected chi connectivity index (χ4v) is 2.55. The second-order valence-corrected chi connectivity index (χ2v) is 5.03. The number of nitrogens with two attached hydrogens (primary N) is 1. The molecule has 4 heteroatoms. The summed E-state index contributed by atoms with van der Waals surface area (Å²) in [5, 5.41) is 4.53. The quantitative estimate of drug-likeness (QED) is 0.873. The van der Waals surface area contributed by atoms with Crippen molar-refractivity contribution < 1.29 is 0 Å². The van der Waals surface area contributed by atoms with Crippen molar-refractivity contribution in [3.05, 3.63) is 41.5 Å². The zero-order valence-corrected chi connectivity index (χ0v) is 10.9. The lowest BCUT2D eigenvalue weighted by molar-refractivity contribution is 0.792. The fourth-order valence-electron chi connectivity index (χ4n) is 1.73. The van der Waals surface area contributed by atoms with E-state index < -0.39 is 0 Å². The minimum atomic E-state index is 0.371. The molecule has 0 amide bonds. The summed E-state index contributed by atoms with van der Waals surface area (Å²) in [4.78, 5) is 0. The van der Waals surface area contributed by atoms with E-state index in [0.29, 0.717) is 11.9 Å². The Kier molecular flexibility index (Phi) is 3.64. The van der Waals surface area contributed by atoms with Crippen LogP contribution in [0, 0.1) is 6.92 Å². The van der Waals surface area contributed by atoms with Crippen LogP contribution in [0.15, 0.2) is 30.3 Å². The van der Waals surface area contributed by atoms with Crippen LogP contribution in [0.3, 0.4) is 0 Å². The summed E-state index contributed by atoms with van der Waals surface area (Å²) in [5.74, 6) is 0.629. The van der Waals surface area contributed by atoms with Gasteiger partial charge in [-0.15, -0.1) is 0 Å². The van der Waals surface area contributed by atoms with Crippen molar-refractivity contribution in [1.82, 2.24) is 4.37 Å². The molecule has 1 unspecified atom stereocenters. The molecule has 0 spiro atoms. The molecule has 0 saturated heterocycles. The van der Waals surface area contributed by atoms with Crippen LogP contribution < -0.4 is 11.1 Å². The van der Waals surface area contributed by atoms with E-state index in [1.54, 1.807) is 0 Å². The van der Waals surface area contributed by atoms with Crippen LogP contribution in [0.5, 0.6) is 0 Å². The summed E-state index contributed by atoms with van der Waals surface area (Å²) in [6, 6.07) is 10.8. The second kappa shape index (κ2) is 5.19. The predicted octanol–water partition coefficient (Wildman–Crippen LogP) is 3.08. The molecule has 0 aliphatic carbocycles. The second-order valence-electron chi connectivity index (χ2n) is 4.26. The Bertz CT molecular complexity index is 479. The zero-order chi connectivity index (χ0) is 12.3. The molecule has 0 bridgehead atoms. The Morgan fingerprint density at radius 3 is 2.65 bits per heavy atom. The first-order chi connectivity index (χ1) is 8.16. The van der Waals surface area contributed by atoms with Crippen molar-refractivity contribution in [2.24, 2.45) is 0 Å². The van der Waals surface area contributed by atoms with Gasteiger partial charge in [0.25, 0.3) is 0 Å². The molecule has 0 saturated carbocycles. The van der Waals surface area contributed by atoms with E-state index in [2.05, 4.69) is 40.9 Å². The Labute approximate surface area is 106 Å². The third-order valence-corrected chi connectivity index (χ3v) is 3.62. The maximum Gasteiger partial charge on any atom is 0.142 e. The maximum atomic E-state index is 5.73. The average molecular weight is 247 g/mol. The van der Waals surface area contributed by atoms with E-state index in [4.69, 9.17) is 5.73 Å². The minimum Gasteiger partial charge on any atom is -0.383 e. The monoisotopic (exact) mass is 247 g/mol. The molecule has 1 aromatic heterocycles. The number of nitrogens with zero attached hydrogens (tertiary/aromatic N) is 1. The molecule has 1 heterocycles. The zero-order valence-electron chi connectivity index (χ0n) is 10.1. The molecule has 0 aliphatic heterocycles. The van der Waals surface area contributed by atoms with E-state index in [-0.39, 0.29) is 0 Å². The third kappa shape index (κ3) is 2.97. The Morgan fingerprint density at radius 2 is 2.06 bits per heavy atom. The highest BCUT2D eigenvalue weighted by Gasteiger charge is 2.09. The fraction of sp³-hybridized carbons (Fsp3) is 0.308. The molecular formula is C13H17N3S. The first kappa shape index (κ1) is 11.9. The predicted molar refractivity (Wildman–Crippen MR) is 74.5 cm³/mol. The number of rotatable bonds is 4. The van der Waals surface area contributed by atoms with E-state index in [1.807, 2.05) is 13.0 Å². The molecule has 0 fully saturated rings. The van der Waals surface area contributed by atoms with Gasteiger partial charge < -0.3 is 11.1 Å². The number of anilines is 2. The molecule has 0 radical (unpaired) electrons. The van der Waals surface area contributed by atoms with Crippen LogP contribution in [0.4, 0.5) is 10.8 Å². The lowest BCUT2D eigenvalue weighted by Crippen LogP contribution is -2.17. The van der Waals surface area contributed by atoms with Gasteiger partial charge in [-0.3, -0.25) is 0 Å². The minimum absolute atomic E-state index is 0.371. The Hall–Kier alpha value is -1.55. The molecule has 1 aromatic carbocycles. The van der Waals surface area contributed by atoms with Crippen LogP contribution in [0.1, 0.15) is 18.1 Å². The summed E-state index contributed by atoms with van der Waals surface area (Å²) in [6.07, 6.45) is 0.998. The van der Waals surface area contributed by atoms with Gasteiger partial charge in [0.2, 0.25) is 0 Å². The smallest absolute Gasteiger partial charge is 0.142 e. The van der Waals surface area contributed by atoms with Crippen LogP contribution in [-0.2, 0) is 6.42 Å². The standard InChI is InChI=1S/C13H17N3S/c1-9(8-11-6-4-3-5-7-11)15-13-10(2)12(14)16-17-13/h3-7,9,15H,8H2,1-2H3,(H2,14,16). The lowest BCUT2D eigenvalue weighted by Gasteiger charge is -2.14. The van der Waals surface area contributed by atoms with Gasteiger partial charge in [-0.2, -0.15) is 4.37 Å². The molecule has 90 valence electrons. The van der Waals surface area contributed by atoms with Crippen molar-refractivity contribution in [2.45, 2.75) is 26.3 Å². The van der Waals surface area contributed by atoms with Gasteiger partial charge in [0.15, 0.2) is 0 Å². The average Bonchev–Trinajstić information content (AvgIpc) is 2.62. The van der Waals surface area contributed by atoms with E-state index in [0.717, 1.165) is 17.0 Å². The van der Waals surface area contributed by atoms with Gasteiger partial charge in [-0.25, -0.2) is 0 Å². The molecule has 17 heavy (non-hydrogen) atoms. The molecule has 2 rings (SSSR count). The SMILES string of the molecule is Cc1c(N)nsc1NC(C)Cc1ccccc1. The van der Waals surface area contributed by atoms with Gasteiger partial charge in [0.1, 0.15) is 10.8 Å². The topological polar surface area (TPSA) is 50.9 Å². The van der Waals surface area contributed by atoms with Crippen molar-refractivity contribution in [3.63, 3.8) is 0 Å². The number of nitrogens with one attached hydrogen (secondary N) is 1. The lowest BCUT2D eigenvalue weighted by atomic mass is 10.1. The van der Waals surface area contributed by atoms with Crippen LogP contribution in [0.25, 0.3) is 0 Å². The summed E-state index contributed by atoms with van der Waals surface area (Å²) in [5.41, 5.74) is 8.11. The first-order valence-corrected chi connectivity index (χ1v) is 6.46. The molecule has 3 nitrogen and oxygen atoms in total. The Morgan fingerprint density at radius 1 is 1.35 bits per heavy atom. The van der Waals surface area contributed by atoms with Gasteiger partial charge in [0, 0.05) is 11.6 Å². The largest absolute Gasteiger partial charge is 0.383 e. The highest BCUT2D eigenvalue weighted by Crippen LogP contribution is 2.26. The molecule has 1 atom stereocenters. The van der Waals surface area contributed by atoms with E-state index in [9.17, 15) is 0 Å². The first-order valence-electron chi connectivity index (χ1n) is 5.69. The van der Waals surface area contributed by atoms with Crippen LogP contribution in [-0.4, -0.2) is 10.4 Å². The number of benzene rings is 1. The van der Waals surface area contributed by atoms with Gasteiger partial charge in [-0.1, -0.05) is 30.3 Å². The number of aromatic nitrogens is 1. The van der Waals surface area contributed by atoms with Crippen molar-refractivity contribution in [1.29, 1.82) is 0 Å². The van der Waals surface area contributed by atoms with Crippen molar-refractivity contribution in [3.8, 4) is 0 Å². The van der Waals surface area contributed by atoms with Gasteiger partial charge in [0.05, 0.1) is 0 Å². The Balaban J connectivity index is 1.98. The maximum absolute atomic E-state index is 5.73. The highest BCUT2D eigenvalue weighted by atomic mass is 32.1. The molecular weight excluding hydrogens is 230 g/mol. The third-order valence-electron chi connectivity index (χ3n) is 2.72. The molecule has 0 aliphatic rings. The molecule has 3 N–H and O–H groups in total. The van der Waals surface area contributed by atoms with E-state index in [1.165, 1.54) is 17.1 Å². The van der Waals surface area contributed by atoms with E-state index >= 15 is 0 Å². The number of nitrogen functional groups attached to an aromatic ring is 1. The van der Waals surface area contributed by atoms with Crippen molar-refractivity contribution in [2.75, 3.05) is 11.1 Å². The number of hydrogen-bond donors (Lipinski definition) is 2. The summed E-state index contributed by atoms with van der Waals surface area (Å²) < 4.78 is 4.13. The normalized spacial score (nSPS) is 12.4. The number of hydrogen-bond acceptors (Lipinski definition) is 4. The summed E-state index contributed by atoms with van der Waals surface area (Å²) in [6.45, 7) is 4.17. The van der Waals surface area contributed by atoms with Crippen molar-refractivity contribution >= 4 is 22.4 Å². The van der Waals surface area contributed by atoms with Gasteiger partial charge >= 0.3 is 0 Å². The summed E-state index contributed by atoms with van der Waals surface area (Å²) in [7, 11) is 0. The van der Waals surface area contributed by atoms with Crippen LogP contribution >= 0.6 is 11.5 Å². The molecule has 2 aromatic rings. The van der Waals surface area contributed by atoms with Crippen LogP contribution in [0.2, 0.25) is 0 Å². The summed E-state index contributed by atoms with van der Waals surface area (Å²) >= 11 is 1.43. The highest BCUT2D eigenvalue weighted by molar-refractivity contribution is 7.10. The van der Waals surface area contributed by atoms with Gasteiger partial charge in [-0.05, 0) is 37.4 Å².